The molecule has 0 fully saturated rings. The van der Waals surface area contributed by atoms with Gasteiger partial charge in [-0.15, -0.1) is 0 Å². The van der Waals surface area contributed by atoms with E-state index in [4.69, 9.17) is 29.9 Å². The minimum atomic E-state index is -0.183. The molecule has 0 spiro atoms. The monoisotopic (exact) mass is 1430 g/mol. The Morgan fingerprint density at radius 1 is 0.179 bits per heavy atom. The molecular formula is C102H66BN9. The molecule has 3 aromatic heterocycles. The van der Waals surface area contributed by atoms with Gasteiger partial charge in [-0.3, -0.25) is 0 Å². The van der Waals surface area contributed by atoms with Crippen molar-refractivity contribution in [1.82, 2.24) is 34.5 Å². The molecule has 16 aromatic carbocycles. The number of hydrogen-bond acceptors (Lipinski definition) is 8. The lowest BCUT2D eigenvalue weighted by molar-refractivity contribution is 1.06. The van der Waals surface area contributed by atoms with Crippen LogP contribution in [0, 0.1) is 0 Å². The number of aromatic nitrogens is 7. The number of fused-ring (bicyclic) bond motifs is 7. The molecule has 2 aliphatic heterocycles. The molecule has 0 amide bonds. The summed E-state index contributed by atoms with van der Waals surface area (Å²) in [5, 5.41) is 2.17. The molecule has 0 saturated heterocycles. The van der Waals surface area contributed by atoms with Crippen LogP contribution in [-0.2, 0) is 0 Å². The van der Waals surface area contributed by atoms with Gasteiger partial charge in [0, 0.05) is 84.0 Å². The van der Waals surface area contributed by atoms with Gasteiger partial charge in [0.1, 0.15) is 0 Å². The van der Waals surface area contributed by atoms with E-state index in [1.165, 1.54) is 38.6 Å². The Bertz CT molecular complexity index is 6310. The molecule has 0 aliphatic carbocycles. The van der Waals surface area contributed by atoms with E-state index in [9.17, 15) is 0 Å². The van der Waals surface area contributed by atoms with Crippen LogP contribution in [0.3, 0.4) is 0 Å². The fraction of sp³-hybridized carbons (Fsp3) is 0. The van der Waals surface area contributed by atoms with Gasteiger partial charge in [0.2, 0.25) is 0 Å². The van der Waals surface area contributed by atoms with Crippen LogP contribution in [0.25, 0.3) is 151 Å². The van der Waals surface area contributed by atoms with Crippen molar-refractivity contribution in [3.63, 3.8) is 0 Å². The third kappa shape index (κ3) is 11.8. The number of anilines is 6. The van der Waals surface area contributed by atoms with Gasteiger partial charge in [0.05, 0.1) is 11.0 Å². The van der Waals surface area contributed by atoms with E-state index in [0.717, 1.165) is 128 Å². The van der Waals surface area contributed by atoms with E-state index >= 15 is 0 Å². The van der Waals surface area contributed by atoms with Crippen LogP contribution in [-0.4, -0.2) is 41.2 Å². The highest BCUT2D eigenvalue weighted by Gasteiger charge is 2.44. The van der Waals surface area contributed by atoms with Crippen molar-refractivity contribution in [2.75, 3.05) is 9.80 Å². The molecule has 0 saturated carbocycles. The normalized spacial score (nSPS) is 12.1. The van der Waals surface area contributed by atoms with Crippen molar-refractivity contribution >= 4 is 79.0 Å². The fourth-order valence-corrected chi connectivity index (χ4v) is 16.5. The first-order chi connectivity index (χ1) is 55.5. The second-order valence-corrected chi connectivity index (χ2v) is 28.6. The van der Waals surface area contributed by atoms with Crippen LogP contribution in [0.15, 0.2) is 400 Å². The number of rotatable bonds is 14. The van der Waals surface area contributed by atoms with E-state index < -0.39 is 0 Å². The zero-order valence-corrected chi connectivity index (χ0v) is 60.7. The highest BCUT2D eigenvalue weighted by Crippen LogP contribution is 2.49. The Hall–Kier alpha value is -15.0. The summed E-state index contributed by atoms with van der Waals surface area (Å²) >= 11 is 0. The zero-order valence-electron chi connectivity index (χ0n) is 60.7. The second kappa shape index (κ2) is 27.7. The predicted molar refractivity (Wildman–Crippen MR) is 461 cm³/mol. The first-order valence-corrected chi connectivity index (χ1v) is 37.9. The van der Waals surface area contributed by atoms with Crippen molar-refractivity contribution < 1.29 is 0 Å². The summed E-state index contributed by atoms with van der Waals surface area (Å²) in [6.45, 7) is -0.183. The van der Waals surface area contributed by atoms with E-state index in [2.05, 4.69) is 293 Å². The summed E-state index contributed by atoms with van der Waals surface area (Å²) in [7, 11) is 0. The van der Waals surface area contributed by atoms with Gasteiger partial charge in [-0.2, -0.15) is 0 Å². The Morgan fingerprint density at radius 2 is 0.473 bits per heavy atom. The summed E-state index contributed by atoms with van der Waals surface area (Å²) in [5.74, 6) is 3.23. The topological polar surface area (TPSA) is 88.8 Å². The first kappa shape index (κ1) is 65.3. The molecule has 2 aliphatic rings. The van der Waals surface area contributed by atoms with Crippen molar-refractivity contribution in [3.05, 3.63) is 400 Å². The SMILES string of the molecule is c1ccc(-c2ccc(N3c4ccc(-c5ccccc5)cc4B4c5cc(-c6ccccc6)ccc5N(c5ccc(-c6ccccc6)cc5)c5cc(-c6ccc7c(c6)c6ccccc6n7-c6cc(-c7nc(-c8ccccc8)nc(-c8ccccc8)n7)cc(-c7nc(-c8ccccc8)nc(-c8ccccc8)n7)c6)cc3c54)cc2)cc1. The maximum atomic E-state index is 5.36. The quantitative estimate of drug-likeness (QED) is 0.0995. The highest BCUT2D eigenvalue weighted by molar-refractivity contribution is 7.00. The van der Waals surface area contributed by atoms with Gasteiger partial charge in [0.15, 0.2) is 34.9 Å². The average Bonchev–Trinajstić information content (AvgIpc) is 0.764. The summed E-state index contributed by atoms with van der Waals surface area (Å²) in [6, 6.07) is 143. The molecule has 5 heterocycles. The van der Waals surface area contributed by atoms with E-state index in [1.54, 1.807) is 0 Å². The van der Waals surface area contributed by atoms with E-state index in [0.29, 0.717) is 34.9 Å². The van der Waals surface area contributed by atoms with Gasteiger partial charge in [0.25, 0.3) is 6.71 Å². The molecule has 0 unspecified atom stereocenters. The molecule has 10 heteroatoms. The van der Waals surface area contributed by atoms with Crippen LogP contribution in [0.5, 0.6) is 0 Å². The largest absolute Gasteiger partial charge is 0.311 e. The second-order valence-electron chi connectivity index (χ2n) is 28.6. The number of para-hydroxylation sites is 1. The lowest BCUT2D eigenvalue weighted by atomic mass is 9.33. The number of hydrogen-bond donors (Lipinski definition) is 0. The molecule has 0 atom stereocenters. The summed E-state index contributed by atoms with van der Waals surface area (Å²) in [6.07, 6.45) is 0. The van der Waals surface area contributed by atoms with Gasteiger partial charge >= 0.3 is 0 Å². The Morgan fingerprint density at radius 3 is 0.857 bits per heavy atom. The Balaban J connectivity index is 0.803. The van der Waals surface area contributed by atoms with Crippen LogP contribution in [0.2, 0.25) is 0 Å². The van der Waals surface area contributed by atoms with Gasteiger partial charge in [-0.05, 0) is 157 Å². The third-order valence-corrected chi connectivity index (χ3v) is 21.8. The van der Waals surface area contributed by atoms with E-state index in [1.807, 2.05) is 121 Å². The molecule has 0 N–H and O–H groups in total. The third-order valence-electron chi connectivity index (χ3n) is 21.8. The van der Waals surface area contributed by atoms with Gasteiger partial charge < -0.3 is 14.4 Å². The Labute approximate surface area is 649 Å². The molecular weight excluding hydrogens is 1360 g/mol. The van der Waals surface area contributed by atoms with Gasteiger partial charge in [-0.25, -0.2) is 29.9 Å². The fourth-order valence-electron chi connectivity index (χ4n) is 16.5. The van der Waals surface area contributed by atoms with Crippen molar-refractivity contribution in [3.8, 4) is 130 Å². The summed E-state index contributed by atoms with van der Waals surface area (Å²) < 4.78 is 2.38. The molecule has 112 heavy (non-hydrogen) atoms. The Kier molecular flexibility index (Phi) is 16.1. The van der Waals surface area contributed by atoms with Crippen LogP contribution >= 0.6 is 0 Å². The van der Waals surface area contributed by atoms with Crippen molar-refractivity contribution in [1.29, 1.82) is 0 Å². The van der Waals surface area contributed by atoms with Crippen LogP contribution in [0.4, 0.5) is 34.1 Å². The summed E-state index contributed by atoms with van der Waals surface area (Å²) in [4.78, 5) is 36.8. The minimum Gasteiger partial charge on any atom is -0.311 e. The maximum Gasteiger partial charge on any atom is 0.252 e. The first-order valence-electron chi connectivity index (χ1n) is 37.9. The predicted octanol–water partition coefficient (Wildman–Crippen LogP) is 23.6. The van der Waals surface area contributed by atoms with Crippen LogP contribution in [0.1, 0.15) is 0 Å². The highest BCUT2D eigenvalue weighted by atomic mass is 15.2. The molecule has 522 valence electrons. The van der Waals surface area contributed by atoms with E-state index in [-0.39, 0.29) is 6.71 Å². The zero-order chi connectivity index (χ0) is 74.0. The van der Waals surface area contributed by atoms with Crippen molar-refractivity contribution in [2.45, 2.75) is 0 Å². The molecule has 0 radical (unpaired) electrons. The standard InChI is InChI=1S/C102H66BN9/c1-9-27-67(28-10-1)71-45-52-83(53-46-71)110-92-57-50-78(69-31-13-3-14-32-69)63-88(92)103-89-64-79(70-33-15-4-16-34-70)51-58-93(89)111(84-54-47-72(48-55-84)68-29-11-2-12-30-68)95-66-80(65-94(110)96(95)103)77-49-56-91-87(62-77)86-43-25-26-44-90(86)112(91)85-60-81(101-106-97(73-35-17-5-18-36-73)104-98(107-101)74-37-19-6-20-38-74)59-82(61-85)102-108-99(75-39-21-7-22-40-75)105-100(109-102)76-41-23-8-24-42-76/h1-66H. The minimum absolute atomic E-state index is 0.183. The van der Waals surface area contributed by atoms with Crippen LogP contribution < -0.4 is 26.2 Å². The number of nitrogens with zero attached hydrogens (tertiary/aromatic N) is 9. The lowest BCUT2D eigenvalue weighted by Gasteiger charge is -2.44. The summed E-state index contributed by atoms with van der Waals surface area (Å²) in [5.41, 5.74) is 29.6. The molecule has 19 aromatic rings. The molecule has 9 nitrogen and oxygen atoms in total. The van der Waals surface area contributed by atoms with Gasteiger partial charge in [-0.1, -0.05) is 315 Å². The lowest BCUT2D eigenvalue weighted by Crippen LogP contribution is -2.61. The molecule has 0 bridgehead atoms. The van der Waals surface area contributed by atoms with Crippen molar-refractivity contribution in [2.24, 2.45) is 0 Å². The smallest absolute Gasteiger partial charge is 0.252 e. The number of benzene rings is 16. The maximum absolute atomic E-state index is 5.36. The molecule has 21 rings (SSSR count). The average molecular weight is 1430 g/mol.